The van der Waals surface area contributed by atoms with Gasteiger partial charge in [-0.05, 0) is 12.8 Å². The number of rotatable bonds is 18. The Morgan fingerprint density at radius 2 is 1.42 bits per heavy atom. The highest BCUT2D eigenvalue weighted by Crippen LogP contribution is 2.12. The van der Waals surface area contributed by atoms with E-state index in [1.807, 2.05) is 6.08 Å². The van der Waals surface area contributed by atoms with E-state index in [1.54, 1.807) is 6.20 Å². The predicted octanol–water partition coefficient (Wildman–Crippen LogP) is 4.29. The lowest BCUT2D eigenvalue weighted by molar-refractivity contribution is -0.131. The van der Waals surface area contributed by atoms with Crippen molar-refractivity contribution in [1.82, 2.24) is 4.90 Å². The molecule has 0 atom stereocenters. The van der Waals surface area contributed by atoms with E-state index in [0.717, 1.165) is 12.8 Å². The number of nitrogens with two attached hydrogens (primary N) is 1. The maximum absolute atomic E-state index is 11.9. The van der Waals surface area contributed by atoms with Gasteiger partial charge in [0, 0.05) is 25.6 Å². The highest BCUT2D eigenvalue weighted by molar-refractivity contribution is 5.83. The van der Waals surface area contributed by atoms with Gasteiger partial charge in [-0.15, -0.1) is 0 Å². The van der Waals surface area contributed by atoms with Crippen molar-refractivity contribution in [3.05, 3.63) is 12.3 Å². The van der Waals surface area contributed by atoms with Crippen LogP contribution in [0, 0.1) is 0 Å². The number of aliphatic hydroxyl groups excluding tert-OH is 1. The van der Waals surface area contributed by atoms with E-state index in [-0.39, 0.29) is 31.9 Å². The maximum atomic E-state index is 11.9. The van der Waals surface area contributed by atoms with Crippen LogP contribution in [0.25, 0.3) is 0 Å². The number of hydrogen-bond acceptors (Lipinski definition) is 3. The molecule has 0 aliphatic carbocycles. The van der Waals surface area contributed by atoms with Gasteiger partial charge in [-0.3, -0.25) is 9.59 Å². The first-order chi connectivity index (χ1) is 12.6. The zero-order valence-electron chi connectivity index (χ0n) is 16.8. The van der Waals surface area contributed by atoms with Gasteiger partial charge in [-0.25, -0.2) is 0 Å². The Hall–Kier alpha value is -1.36. The fraction of sp³-hybridized carbons (Fsp3) is 0.810. The number of carbonyl (C=O) groups excluding carboxylic acids is 2. The lowest BCUT2D eigenvalue weighted by atomic mass is 10.1. The summed E-state index contributed by atoms with van der Waals surface area (Å²) in [6.45, 7) is 2.42. The van der Waals surface area contributed by atoms with E-state index < -0.39 is 5.91 Å². The highest BCUT2D eigenvalue weighted by atomic mass is 16.3. The molecule has 152 valence electrons. The minimum Gasteiger partial charge on any atom is -0.395 e. The van der Waals surface area contributed by atoms with Crippen LogP contribution in [0.4, 0.5) is 0 Å². The lowest BCUT2D eigenvalue weighted by Crippen LogP contribution is -2.29. The van der Waals surface area contributed by atoms with Gasteiger partial charge >= 0.3 is 0 Å². The second-order valence-electron chi connectivity index (χ2n) is 6.99. The van der Waals surface area contributed by atoms with Gasteiger partial charge < -0.3 is 15.7 Å². The molecular weight excluding hydrogens is 328 g/mol. The average molecular weight is 369 g/mol. The molecule has 0 unspecified atom stereocenters. The van der Waals surface area contributed by atoms with Gasteiger partial charge in [-0.2, -0.15) is 0 Å². The summed E-state index contributed by atoms with van der Waals surface area (Å²) in [5.41, 5.74) is 5.06. The molecule has 5 heteroatoms. The standard InChI is InChI=1S/C21H40N2O3/c1-2-3-4-5-6-7-8-9-10-11-12-13-14-17-23(18-19-24)21(26)16-15-20(22)25/h14,17,24H,2-13,15-16,18-19H2,1H3,(H2,22,25). The van der Waals surface area contributed by atoms with Crippen LogP contribution in [-0.2, 0) is 9.59 Å². The van der Waals surface area contributed by atoms with Gasteiger partial charge in [0.1, 0.15) is 0 Å². The monoisotopic (exact) mass is 368 g/mol. The van der Waals surface area contributed by atoms with Crippen LogP contribution in [-0.4, -0.2) is 35.0 Å². The summed E-state index contributed by atoms with van der Waals surface area (Å²) < 4.78 is 0. The largest absolute Gasteiger partial charge is 0.395 e. The summed E-state index contributed by atoms with van der Waals surface area (Å²) in [5, 5.41) is 9.05. The van der Waals surface area contributed by atoms with Crippen molar-refractivity contribution in [3.8, 4) is 0 Å². The first-order valence-electron chi connectivity index (χ1n) is 10.5. The van der Waals surface area contributed by atoms with E-state index in [9.17, 15) is 9.59 Å². The van der Waals surface area contributed by atoms with Crippen molar-refractivity contribution in [2.75, 3.05) is 13.2 Å². The molecule has 0 aromatic heterocycles. The topological polar surface area (TPSA) is 83.6 Å². The molecule has 0 aliphatic heterocycles. The number of hydrogen-bond donors (Lipinski definition) is 2. The van der Waals surface area contributed by atoms with Gasteiger partial charge in [0.25, 0.3) is 0 Å². The number of carbonyl (C=O) groups is 2. The number of allylic oxidation sites excluding steroid dienone is 1. The quantitative estimate of drug-likeness (QED) is 0.354. The van der Waals surface area contributed by atoms with Crippen molar-refractivity contribution in [2.24, 2.45) is 5.73 Å². The second kappa shape index (κ2) is 18.4. The summed E-state index contributed by atoms with van der Waals surface area (Å²) in [4.78, 5) is 24.2. The molecule has 0 radical (unpaired) electrons. The van der Waals surface area contributed by atoms with Crippen LogP contribution in [0.15, 0.2) is 12.3 Å². The molecular formula is C21H40N2O3. The third-order valence-electron chi connectivity index (χ3n) is 4.51. The first kappa shape index (κ1) is 24.6. The van der Waals surface area contributed by atoms with Gasteiger partial charge in [0.05, 0.1) is 6.61 Å². The van der Waals surface area contributed by atoms with E-state index in [2.05, 4.69) is 6.92 Å². The number of primary amides is 1. The van der Waals surface area contributed by atoms with Gasteiger partial charge in [0.2, 0.25) is 11.8 Å². The summed E-state index contributed by atoms with van der Waals surface area (Å²) in [6.07, 6.45) is 19.3. The SMILES string of the molecule is CCCCCCCCCCCCCC=CN(CCO)C(=O)CCC(N)=O. The Morgan fingerprint density at radius 1 is 0.885 bits per heavy atom. The summed E-state index contributed by atoms with van der Waals surface area (Å²) in [5.74, 6) is -0.653. The molecule has 26 heavy (non-hydrogen) atoms. The lowest BCUT2D eigenvalue weighted by Gasteiger charge is -2.16. The van der Waals surface area contributed by atoms with Crippen LogP contribution in [0.3, 0.4) is 0 Å². The van der Waals surface area contributed by atoms with Crippen molar-refractivity contribution in [2.45, 2.75) is 96.8 Å². The average Bonchev–Trinajstić information content (AvgIpc) is 2.62. The zero-order valence-corrected chi connectivity index (χ0v) is 16.8. The van der Waals surface area contributed by atoms with E-state index in [1.165, 1.54) is 69.1 Å². The Balaban J connectivity index is 3.66. The van der Waals surface area contributed by atoms with E-state index in [0.29, 0.717) is 0 Å². The molecule has 3 N–H and O–H groups in total. The van der Waals surface area contributed by atoms with Gasteiger partial charge in [0.15, 0.2) is 0 Å². The molecule has 0 bridgehead atoms. The Bertz CT molecular complexity index is 383. The molecule has 0 heterocycles. The number of amides is 2. The molecule has 0 aromatic rings. The van der Waals surface area contributed by atoms with E-state index >= 15 is 0 Å². The van der Waals surface area contributed by atoms with Gasteiger partial charge in [-0.1, -0.05) is 77.2 Å². The highest BCUT2D eigenvalue weighted by Gasteiger charge is 2.10. The molecule has 0 saturated carbocycles. The van der Waals surface area contributed by atoms with Crippen LogP contribution in [0.2, 0.25) is 0 Å². The molecule has 0 rings (SSSR count). The summed E-state index contributed by atoms with van der Waals surface area (Å²) in [7, 11) is 0. The summed E-state index contributed by atoms with van der Waals surface area (Å²) >= 11 is 0. The Labute approximate surface area is 160 Å². The van der Waals surface area contributed by atoms with Crippen molar-refractivity contribution >= 4 is 11.8 Å². The summed E-state index contributed by atoms with van der Waals surface area (Å²) in [6, 6.07) is 0. The van der Waals surface area contributed by atoms with Crippen LogP contribution < -0.4 is 5.73 Å². The van der Waals surface area contributed by atoms with Crippen LogP contribution in [0.5, 0.6) is 0 Å². The molecule has 0 aromatic carbocycles. The smallest absolute Gasteiger partial charge is 0.227 e. The number of aliphatic hydroxyl groups is 1. The molecule has 0 saturated heterocycles. The molecule has 0 spiro atoms. The second-order valence-corrected chi connectivity index (χ2v) is 6.99. The Kier molecular flexibility index (Phi) is 17.5. The fourth-order valence-electron chi connectivity index (χ4n) is 2.89. The molecule has 5 nitrogen and oxygen atoms in total. The normalized spacial score (nSPS) is 11.2. The zero-order chi connectivity index (χ0) is 19.5. The van der Waals surface area contributed by atoms with Crippen molar-refractivity contribution in [3.63, 3.8) is 0 Å². The van der Waals surface area contributed by atoms with E-state index in [4.69, 9.17) is 10.8 Å². The molecule has 2 amide bonds. The molecule has 0 fully saturated rings. The third-order valence-corrected chi connectivity index (χ3v) is 4.51. The number of unbranched alkanes of at least 4 members (excludes halogenated alkanes) is 11. The minimum atomic E-state index is -0.479. The predicted molar refractivity (Wildman–Crippen MR) is 107 cm³/mol. The maximum Gasteiger partial charge on any atom is 0.227 e. The van der Waals surface area contributed by atoms with Crippen LogP contribution >= 0.6 is 0 Å². The number of nitrogens with zero attached hydrogens (tertiary/aromatic N) is 1. The first-order valence-corrected chi connectivity index (χ1v) is 10.5. The molecule has 0 aliphatic rings. The van der Waals surface area contributed by atoms with Crippen molar-refractivity contribution in [1.29, 1.82) is 0 Å². The Morgan fingerprint density at radius 3 is 1.92 bits per heavy atom. The van der Waals surface area contributed by atoms with Crippen LogP contribution in [0.1, 0.15) is 96.8 Å². The van der Waals surface area contributed by atoms with Crippen molar-refractivity contribution < 1.29 is 14.7 Å². The fourth-order valence-corrected chi connectivity index (χ4v) is 2.89. The third kappa shape index (κ3) is 16.1. The minimum absolute atomic E-state index is 0.0488.